The minimum Gasteiger partial charge on any atom is -0.378 e. The van der Waals surface area contributed by atoms with Crippen molar-refractivity contribution < 1.29 is 0 Å². The molecule has 0 radical (unpaired) electrons. The van der Waals surface area contributed by atoms with Crippen LogP contribution in [0, 0.1) is 6.92 Å². The molecule has 0 aliphatic heterocycles. The number of aromatic nitrogens is 4. The molecule has 0 amide bonds. The van der Waals surface area contributed by atoms with Crippen molar-refractivity contribution in [2.24, 2.45) is 19.2 Å². The largest absolute Gasteiger partial charge is 0.378 e. The van der Waals surface area contributed by atoms with E-state index in [-0.39, 0.29) is 0 Å². The molecule has 0 spiro atoms. The van der Waals surface area contributed by atoms with Gasteiger partial charge in [0.2, 0.25) is 5.95 Å². The zero-order valence-electron chi connectivity index (χ0n) is 19.4. The molecular weight excluding hydrogens is 418 g/mol. The summed E-state index contributed by atoms with van der Waals surface area (Å²) in [5.41, 5.74) is 6.94. The van der Waals surface area contributed by atoms with Crippen LogP contribution in [0.4, 0.5) is 11.6 Å². The molecule has 0 fully saturated rings. The van der Waals surface area contributed by atoms with Crippen LogP contribution in [-0.2, 0) is 20.6 Å². The van der Waals surface area contributed by atoms with Crippen molar-refractivity contribution in [3.8, 4) is 0 Å². The van der Waals surface area contributed by atoms with Crippen LogP contribution in [0.3, 0.4) is 0 Å². The highest BCUT2D eigenvalue weighted by Gasteiger charge is 2.19. The molecule has 170 valence electrons. The molecule has 2 aromatic carbocycles. The number of hydrazone groups is 1. The van der Waals surface area contributed by atoms with Gasteiger partial charge in [-0.3, -0.25) is 18.5 Å². The van der Waals surface area contributed by atoms with E-state index in [1.54, 1.807) is 17.8 Å². The van der Waals surface area contributed by atoms with E-state index in [1.807, 2.05) is 74.4 Å². The molecule has 0 saturated heterocycles. The van der Waals surface area contributed by atoms with E-state index in [4.69, 9.17) is 0 Å². The number of fused-ring (bicyclic) bond motifs is 1. The number of hydrogen-bond acceptors (Lipinski definition) is 6. The van der Waals surface area contributed by atoms with Gasteiger partial charge in [-0.1, -0.05) is 42.0 Å². The Bertz CT molecular complexity index is 1440. The van der Waals surface area contributed by atoms with Crippen LogP contribution in [0.5, 0.6) is 0 Å². The molecule has 0 atom stereocenters. The summed E-state index contributed by atoms with van der Waals surface area (Å²) in [6, 6.07) is 16.0. The Labute approximate surface area is 191 Å². The highest BCUT2D eigenvalue weighted by Crippen LogP contribution is 2.18. The lowest BCUT2D eigenvalue weighted by Crippen LogP contribution is -2.37. The Hall–Kier alpha value is -4.14. The maximum Gasteiger partial charge on any atom is 0.332 e. The second-order valence-electron chi connectivity index (χ2n) is 8.24. The molecule has 0 aliphatic carbocycles. The first kappa shape index (κ1) is 22.1. The molecule has 0 saturated carbocycles. The summed E-state index contributed by atoms with van der Waals surface area (Å²) in [5, 5.41) is 4.33. The van der Waals surface area contributed by atoms with Crippen LogP contribution in [0.1, 0.15) is 16.7 Å². The average Bonchev–Trinajstić information content (AvgIpc) is 3.16. The molecule has 9 nitrogen and oxygen atoms in total. The molecule has 2 heterocycles. The molecule has 0 unspecified atom stereocenters. The molecule has 9 heteroatoms. The topological polar surface area (TPSA) is 89.5 Å². The van der Waals surface area contributed by atoms with E-state index in [2.05, 4.69) is 15.5 Å². The molecule has 33 heavy (non-hydrogen) atoms. The molecule has 0 aliphatic rings. The number of nitrogens with zero attached hydrogens (tertiary/aromatic N) is 6. The summed E-state index contributed by atoms with van der Waals surface area (Å²) in [5.74, 6) is 0.380. The molecule has 1 N–H and O–H groups in total. The Morgan fingerprint density at radius 3 is 2.30 bits per heavy atom. The molecule has 4 rings (SSSR count). The van der Waals surface area contributed by atoms with Crippen molar-refractivity contribution in [3.63, 3.8) is 0 Å². The Morgan fingerprint density at radius 2 is 1.67 bits per heavy atom. The lowest BCUT2D eigenvalue weighted by atomic mass is 10.1. The van der Waals surface area contributed by atoms with Crippen molar-refractivity contribution >= 4 is 29.0 Å². The van der Waals surface area contributed by atoms with Crippen LogP contribution in [0.25, 0.3) is 11.2 Å². The van der Waals surface area contributed by atoms with Gasteiger partial charge in [-0.05, 0) is 30.2 Å². The fourth-order valence-electron chi connectivity index (χ4n) is 3.58. The number of rotatable bonds is 6. The molecule has 2 aromatic heterocycles. The number of anilines is 2. The van der Waals surface area contributed by atoms with Crippen LogP contribution in [0.15, 0.2) is 63.2 Å². The summed E-state index contributed by atoms with van der Waals surface area (Å²) in [6.07, 6.45) is 1.69. The highest BCUT2D eigenvalue weighted by atomic mass is 16.2. The van der Waals surface area contributed by atoms with Gasteiger partial charge in [0.05, 0.1) is 12.8 Å². The summed E-state index contributed by atoms with van der Waals surface area (Å²) >= 11 is 0. The van der Waals surface area contributed by atoms with E-state index in [1.165, 1.54) is 11.6 Å². The Kier molecular flexibility index (Phi) is 5.87. The third-order valence-electron chi connectivity index (χ3n) is 5.60. The zero-order chi connectivity index (χ0) is 23.7. The fraction of sp³-hybridized carbons (Fsp3) is 0.250. The quantitative estimate of drug-likeness (QED) is 0.363. The monoisotopic (exact) mass is 445 g/mol. The van der Waals surface area contributed by atoms with Crippen LogP contribution in [-0.4, -0.2) is 39.0 Å². The van der Waals surface area contributed by atoms with Gasteiger partial charge >= 0.3 is 5.69 Å². The molecule has 4 aromatic rings. The van der Waals surface area contributed by atoms with Gasteiger partial charge in [0, 0.05) is 33.9 Å². The smallest absolute Gasteiger partial charge is 0.332 e. The first-order valence-electron chi connectivity index (χ1n) is 10.5. The van der Waals surface area contributed by atoms with Crippen LogP contribution < -0.4 is 21.6 Å². The predicted molar refractivity (Wildman–Crippen MR) is 132 cm³/mol. The number of imidazole rings is 1. The van der Waals surface area contributed by atoms with E-state index in [0.29, 0.717) is 23.7 Å². The summed E-state index contributed by atoms with van der Waals surface area (Å²) in [7, 11) is 7.05. The summed E-state index contributed by atoms with van der Waals surface area (Å²) < 4.78 is 4.22. The highest BCUT2D eigenvalue weighted by molar-refractivity contribution is 5.81. The van der Waals surface area contributed by atoms with E-state index < -0.39 is 11.2 Å². The number of benzene rings is 2. The van der Waals surface area contributed by atoms with Crippen LogP contribution >= 0.6 is 0 Å². The van der Waals surface area contributed by atoms with Gasteiger partial charge in [-0.15, -0.1) is 0 Å². The van der Waals surface area contributed by atoms with Gasteiger partial charge in [-0.2, -0.15) is 10.1 Å². The normalized spacial score (nSPS) is 11.4. The first-order valence-corrected chi connectivity index (χ1v) is 10.5. The summed E-state index contributed by atoms with van der Waals surface area (Å²) in [4.78, 5) is 32.0. The third-order valence-corrected chi connectivity index (χ3v) is 5.60. The Balaban J connectivity index is 1.75. The number of nitrogens with one attached hydrogen (secondary N) is 1. The van der Waals surface area contributed by atoms with E-state index >= 15 is 0 Å². The second kappa shape index (κ2) is 8.78. The van der Waals surface area contributed by atoms with Crippen molar-refractivity contribution in [2.75, 3.05) is 24.4 Å². The predicted octanol–water partition coefficient (Wildman–Crippen LogP) is 2.30. The minimum atomic E-state index is -0.427. The van der Waals surface area contributed by atoms with E-state index in [9.17, 15) is 9.59 Å². The van der Waals surface area contributed by atoms with Gasteiger partial charge in [0.25, 0.3) is 5.56 Å². The van der Waals surface area contributed by atoms with Gasteiger partial charge < -0.3 is 4.90 Å². The molecule has 0 bridgehead atoms. The van der Waals surface area contributed by atoms with Gasteiger partial charge in [-0.25, -0.2) is 10.2 Å². The first-order chi connectivity index (χ1) is 15.8. The lowest BCUT2D eigenvalue weighted by molar-refractivity contribution is 0.702. The maximum atomic E-state index is 13.0. The average molecular weight is 446 g/mol. The van der Waals surface area contributed by atoms with Crippen molar-refractivity contribution in [1.29, 1.82) is 0 Å². The Morgan fingerprint density at radius 1 is 1.00 bits per heavy atom. The zero-order valence-corrected chi connectivity index (χ0v) is 19.4. The van der Waals surface area contributed by atoms with Crippen molar-refractivity contribution in [2.45, 2.75) is 13.5 Å². The van der Waals surface area contributed by atoms with Crippen molar-refractivity contribution in [3.05, 3.63) is 86.1 Å². The molecular formula is C24H27N7O2. The number of aryl methyl sites for hydroxylation is 2. The SMILES string of the molecule is Cc1ccc(Cn2c(NN=Cc3ccc(N(C)C)cc3)nc3c2c(=O)n(C)c(=O)n3C)cc1. The number of hydrogen-bond donors (Lipinski definition) is 1. The second-order valence-corrected chi connectivity index (χ2v) is 8.24. The maximum absolute atomic E-state index is 13.0. The third kappa shape index (κ3) is 4.30. The van der Waals surface area contributed by atoms with Crippen molar-refractivity contribution in [1.82, 2.24) is 18.7 Å². The fourth-order valence-corrected chi connectivity index (χ4v) is 3.58. The minimum absolute atomic E-state index is 0.309. The summed E-state index contributed by atoms with van der Waals surface area (Å²) in [6.45, 7) is 2.42. The van der Waals surface area contributed by atoms with Gasteiger partial charge in [0.15, 0.2) is 11.2 Å². The van der Waals surface area contributed by atoms with Crippen LogP contribution in [0.2, 0.25) is 0 Å². The standard InChI is InChI=1S/C24H27N7O2/c1-16-6-8-18(9-7-16)15-31-20-21(29(4)24(33)30(5)22(20)32)26-23(31)27-25-14-17-10-12-19(13-11-17)28(2)3/h6-14H,15H2,1-5H3,(H,26,27). The lowest BCUT2D eigenvalue weighted by Gasteiger charge is -2.11. The van der Waals surface area contributed by atoms with E-state index in [0.717, 1.165) is 26.9 Å². The van der Waals surface area contributed by atoms with Gasteiger partial charge in [0.1, 0.15) is 0 Å².